The summed E-state index contributed by atoms with van der Waals surface area (Å²) >= 11 is 0. The van der Waals surface area contributed by atoms with Crippen molar-refractivity contribution < 1.29 is 27.2 Å². The number of carbonyl (C=O) groups excluding carboxylic acids is 1. The van der Waals surface area contributed by atoms with E-state index in [0.717, 1.165) is 5.56 Å². The second kappa shape index (κ2) is 7.53. The van der Waals surface area contributed by atoms with Crippen LogP contribution in [-0.4, -0.2) is 29.4 Å². The van der Waals surface area contributed by atoms with Crippen LogP contribution in [0.4, 0.5) is 13.2 Å². The molecule has 3 rings (SSSR count). The smallest absolute Gasteiger partial charge is 0.405 e. The highest BCUT2D eigenvalue weighted by molar-refractivity contribution is 5.92. The summed E-state index contributed by atoms with van der Waals surface area (Å²) in [5, 5.41) is 3.87. The number of hydrogen-bond donors (Lipinski definition) is 0. The molecule has 0 aliphatic rings. The molecule has 0 saturated carbocycles. The van der Waals surface area contributed by atoms with Crippen LogP contribution in [0.25, 0.3) is 11.3 Å². The van der Waals surface area contributed by atoms with E-state index in [9.17, 15) is 18.0 Å². The van der Waals surface area contributed by atoms with E-state index in [2.05, 4.69) is 9.89 Å². The Morgan fingerprint density at radius 2 is 1.78 bits per heavy atom. The van der Waals surface area contributed by atoms with Gasteiger partial charge in [-0.15, -0.1) is 13.2 Å². The van der Waals surface area contributed by atoms with Crippen molar-refractivity contribution in [3.8, 4) is 17.0 Å². The van der Waals surface area contributed by atoms with E-state index in [-0.39, 0.29) is 23.6 Å². The predicted molar refractivity (Wildman–Crippen MR) is 90.9 cm³/mol. The number of ether oxygens (including phenoxy) is 1. The van der Waals surface area contributed by atoms with Crippen LogP contribution in [0, 0.1) is 0 Å². The highest BCUT2D eigenvalue weighted by atomic mass is 19.4. The van der Waals surface area contributed by atoms with Crippen LogP contribution in [-0.2, 0) is 6.54 Å². The van der Waals surface area contributed by atoms with Crippen molar-refractivity contribution in [2.45, 2.75) is 12.9 Å². The first-order valence-corrected chi connectivity index (χ1v) is 7.95. The first kappa shape index (κ1) is 18.5. The molecule has 0 atom stereocenters. The van der Waals surface area contributed by atoms with Gasteiger partial charge in [-0.25, -0.2) is 0 Å². The number of rotatable bonds is 5. The zero-order valence-corrected chi connectivity index (χ0v) is 14.2. The average Bonchev–Trinajstić information content (AvgIpc) is 3.12. The molecule has 2 aromatic carbocycles. The summed E-state index contributed by atoms with van der Waals surface area (Å²) in [5.41, 5.74) is 1.49. The maximum Gasteiger partial charge on any atom is 0.573 e. The minimum atomic E-state index is -4.81. The van der Waals surface area contributed by atoms with Crippen LogP contribution in [0.3, 0.4) is 0 Å². The third-order valence-corrected chi connectivity index (χ3v) is 3.74. The number of aromatic nitrogens is 1. The Kier molecular flexibility index (Phi) is 5.16. The number of nitrogens with zero attached hydrogens (tertiary/aromatic N) is 2. The molecule has 0 aliphatic heterocycles. The molecule has 1 aromatic heterocycles. The number of amides is 1. The minimum Gasteiger partial charge on any atom is -0.405 e. The molecular weight excluding hydrogens is 361 g/mol. The van der Waals surface area contributed by atoms with Gasteiger partial charge in [0.2, 0.25) is 5.76 Å². The van der Waals surface area contributed by atoms with Crippen LogP contribution in [0.2, 0.25) is 0 Å². The van der Waals surface area contributed by atoms with Gasteiger partial charge in [0, 0.05) is 30.8 Å². The van der Waals surface area contributed by atoms with E-state index in [1.165, 1.54) is 36.2 Å². The molecular formula is C19H15F3N2O3. The van der Waals surface area contributed by atoms with Crippen molar-refractivity contribution in [2.24, 2.45) is 0 Å². The molecule has 0 aliphatic carbocycles. The largest absolute Gasteiger partial charge is 0.573 e. The maximum atomic E-state index is 12.5. The van der Waals surface area contributed by atoms with Gasteiger partial charge >= 0.3 is 6.36 Å². The zero-order valence-electron chi connectivity index (χ0n) is 14.2. The molecule has 1 amide bonds. The molecule has 0 spiro atoms. The van der Waals surface area contributed by atoms with Gasteiger partial charge in [0.1, 0.15) is 11.4 Å². The summed E-state index contributed by atoms with van der Waals surface area (Å²) < 4.78 is 46.7. The van der Waals surface area contributed by atoms with Gasteiger partial charge in [-0.1, -0.05) is 53.7 Å². The number of carbonyl (C=O) groups is 1. The van der Waals surface area contributed by atoms with E-state index >= 15 is 0 Å². The molecule has 0 bridgehead atoms. The van der Waals surface area contributed by atoms with Crippen molar-refractivity contribution in [2.75, 3.05) is 7.05 Å². The van der Waals surface area contributed by atoms with Crippen LogP contribution in [0.1, 0.15) is 16.1 Å². The van der Waals surface area contributed by atoms with Gasteiger partial charge < -0.3 is 14.2 Å². The van der Waals surface area contributed by atoms with Gasteiger partial charge in [0.25, 0.3) is 5.91 Å². The lowest BCUT2D eigenvalue weighted by molar-refractivity contribution is -0.275. The Balaban J connectivity index is 1.75. The number of halogens is 3. The fraction of sp³-hybridized carbons (Fsp3) is 0.158. The van der Waals surface area contributed by atoms with Crippen molar-refractivity contribution in [1.82, 2.24) is 10.1 Å². The molecule has 27 heavy (non-hydrogen) atoms. The Labute approximate surface area is 153 Å². The Morgan fingerprint density at radius 1 is 1.11 bits per heavy atom. The third-order valence-electron chi connectivity index (χ3n) is 3.74. The summed E-state index contributed by atoms with van der Waals surface area (Å²) in [6, 6.07) is 16.3. The fourth-order valence-electron chi connectivity index (χ4n) is 2.50. The molecule has 0 saturated heterocycles. The number of hydrogen-bond acceptors (Lipinski definition) is 4. The summed E-state index contributed by atoms with van der Waals surface area (Å²) in [4.78, 5) is 13.7. The Morgan fingerprint density at radius 3 is 2.48 bits per heavy atom. The average molecular weight is 376 g/mol. The summed E-state index contributed by atoms with van der Waals surface area (Å²) in [7, 11) is 1.46. The molecule has 0 unspecified atom stereocenters. The maximum absolute atomic E-state index is 12.5. The van der Waals surface area contributed by atoms with Crippen molar-refractivity contribution >= 4 is 5.91 Å². The Hall–Kier alpha value is -3.29. The summed E-state index contributed by atoms with van der Waals surface area (Å²) in [6.45, 7) is -0.0908. The topological polar surface area (TPSA) is 55.6 Å². The second-order valence-corrected chi connectivity index (χ2v) is 5.76. The van der Waals surface area contributed by atoms with Gasteiger partial charge in [0.15, 0.2) is 0 Å². The van der Waals surface area contributed by atoms with Gasteiger partial charge in [-0.2, -0.15) is 0 Å². The number of benzene rings is 2. The standard InChI is InChI=1S/C19H15F3N2O3/c1-24(12-14-9-5-6-10-16(14)26-19(20,21)22)18(25)17-11-15(23-27-17)13-7-3-2-4-8-13/h2-11H,12H2,1H3. The molecule has 5 nitrogen and oxygen atoms in total. The number of para-hydroxylation sites is 1. The van der Waals surface area contributed by atoms with Gasteiger partial charge in [-0.05, 0) is 6.07 Å². The van der Waals surface area contributed by atoms with E-state index in [4.69, 9.17) is 4.52 Å². The molecule has 3 aromatic rings. The second-order valence-electron chi connectivity index (χ2n) is 5.76. The lowest BCUT2D eigenvalue weighted by atomic mass is 10.1. The minimum absolute atomic E-state index is 0.00873. The highest BCUT2D eigenvalue weighted by Crippen LogP contribution is 2.27. The monoisotopic (exact) mass is 376 g/mol. The molecule has 0 N–H and O–H groups in total. The van der Waals surface area contributed by atoms with E-state index in [1.54, 1.807) is 6.07 Å². The van der Waals surface area contributed by atoms with Crippen molar-refractivity contribution in [1.29, 1.82) is 0 Å². The van der Waals surface area contributed by atoms with E-state index in [0.29, 0.717) is 5.69 Å². The lowest BCUT2D eigenvalue weighted by Crippen LogP contribution is -2.26. The predicted octanol–water partition coefficient (Wildman–Crippen LogP) is 4.51. The molecule has 1 heterocycles. The number of alkyl halides is 3. The quantitative estimate of drug-likeness (QED) is 0.657. The molecule has 0 radical (unpaired) electrons. The third kappa shape index (κ3) is 4.66. The van der Waals surface area contributed by atoms with Gasteiger partial charge in [-0.3, -0.25) is 4.79 Å². The van der Waals surface area contributed by atoms with Crippen LogP contribution >= 0.6 is 0 Å². The molecule has 8 heteroatoms. The summed E-state index contributed by atoms with van der Waals surface area (Å²) in [6.07, 6.45) is -4.81. The normalized spacial score (nSPS) is 11.3. The first-order valence-electron chi connectivity index (χ1n) is 7.95. The fourth-order valence-corrected chi connectivity index (χ4v) is 2.50. The molecule has 140 valence electrons. The van der Waals surface area contributed by atoms with Crippen molar-refractivity contribution in [3.05, 3.63) is 72.0 Å². The SMILES string of the molecule is CN(Cc1ccccc1OC(F)(F)F)C(=O)c1cc(-c2ccccc2)no1. The van der Waals surface area contributed by atoms with Crippen LogP contribution in [0.5, 0.6) is 5.75 Å². The lowest BCUT2D eigenvalue weighted by Gasteiger charge is -2.18. The van der Waals surface area contributed by atoms with E-state index in [1.807, 2.05) is 30.3 Å². The summed E-state index contributed by atoms with van der Waals surface area (Å²) in [5.74, 6) is -0.871. The highest BCUT2D eigenvalue weighted by Gasteiger charge is 2.32. The van der Waals surface area contributed by atoms with E-state index < -0.39 is 12.3 Å². The van der Waals surface area contributed by atoms with Crippen molar-refractivity contribution in [3.63, 3.8) is 0 Å². The molecule has 0 fully saturated rings. The van der Waals surface area contributed by atoms with Crippen LogP contribution < -0.4 is 4.74 Å². The van der Waals surface area contributed by atoms with Crippen LogP contribution in [0.15, 0.2) is 65.2 Å². The zero-order chi connectivity index (χ0) is 19.4. The van der Waals surface area contributed by atoms with Gasteiger partial charge in [0.05, 0.1) is 0 Å². The first-order chi connectivity index (χ1) is 12.8. The Bertz CT molecular complexity index is 923.